The lowest BCUT2D eigenvalue weighted by molar-refractivity contribution is 0.0342. The van der Waals surface area contributed by atoms with Gasteiger partial charge in [0.25, 0.3) is 0 Å². The van der Waals surface area contributed by atoms with E-state index in [1.165, 1.54) is 4.90 Å². The maximum absolute atomic E-state index is 11.5. The number of amides is 1. The Morgan fingerprint density at radius 3 is 2.91 bits per heavy atom. The minimum atomic E-state index is -0.999. The molecule has 23 heavy (non-hydrogen) atoms. The summed E-state index contributed by atoms with van der Waals surface area (Å²) in [6, 6.07) is 0. The third-order valence-electron chi connectivity index (χ3n) is 5.60. The highest BCUT2D eigenvalue weighted by Gasteiger charge is 2.61. The zero-order valence-corrected chi connectivity index (χ0v) is 13.6. The van der Waals surface area contributed by atoms with Gasteiger partial charge >= 0.3 is 6.09 Å². The Morgan fingerprint density at radius 1 is 1.43 bits per heavy atom. The third-order valence-corrected chi connectivity index (χ3v) is 5.60. The summed E-state index contributed by atoms with van der Waals surface area (Å²) in [4.78, 5) is 12.8. The second-order valence-corrected chi connectivity index (χ2v) is 7.10. The molecule has 124 valence electrons. The van der Waals surface area contributed by atoms with E-state index in [0.717, 1.165) is 24.8 Å². The van der Waals surface area contributed by atoms with E-state index in [0.29, 0.717) is 25.3 Å². The van der Waals surface area contributed by atoms with E-state index in [1.807, 2.05) is 6.08 Å². The zero-order chi connectivity index (χ0) is 16.7. The Kier molecular flexibility index (Phi) is 3.99. The Hall–Kier alpha value is -1.77. The van der Waals surface area contributed by atoms with Gasteiger partial charge < -0.3 is 16.6 Å². The molecule has 1 saturated carbocycles. The van der Waals surface area contributed by atoms with Crippen LogP contribution in [-0.2, 0) is 0 Å². The van der Waals surface area contributed by atoms with Gasteiger partial charge in [-0.25, -0.2) is 4.79 Å². The van der Waals surface area contributed by atoms with Crippen molar-refractivity contribution in [1.29, 1.82) is 0 Å². The Balaban J connectivity index is 1.87. The van der Waals surface area contributed by atoms with Crippen molar-refractivity contribution in [2.75, 3.05) is 6.54 Å². The monoisotopic (exact) mass is 315 g/mol. The molecule has 2 fully saturated rings. The summed E-state index contributed by atoms with van der Waals surface area (Å²) in [5.41, 5.74) is 12.4. The summed E-state index contributed by atoms with van der Waals surface area (Å²) >= 11 is 0. The van der Waals surface area contributed by atoms with Crippen molar-refractivity contribution in [3.05, 3.63) is 23.8 Å². The minimum absolute atomic E-state index is 0.0721. The van der Waals surface area contributed by atoms with Gasteiger partial charge in [-0.15, -0.1) is 0 Å². The average Bonchev–Trinajstić information content (AvgIpc) is 2.77. The van der Waals surface area contributed by atoms with E-state index in [1.54, 1.807) is 0 Å². The van der Waals surface area contributed by atoms with Gasteiger partial charge in [0.1, 0.15) is 5.66 Å². The first kappa shape index (κ1) is 16.1. The first-order valence-electron chi connectivity index (χ1n) is 8.35. The molecular formula is C18H25N3O2. The standard InChI is InChI=1S/C18H25N3O2/c1-13-4-2-5-14(12-13)7-8-15-6-3-9-18(20)17(15,19)10-11-21(18)16(22)23/h2,5,12-13,15H,3-4,6,9-11,19-20H2,1H3,(H,22,23)/t13?,15-,17?,18?/m0/s1. The van der Waals surface area contributed by atoms with Crippen molar-refractivity contribution in [3.63, 3.8) is 0 Å². The summed E-state index contributed by atoms with van der Waals surface area (Å²) in [5, 5.41) is 9.42. The quantitative estimate of drug-likeness (QED) is 0.596. The van der Waals surface area contributed by atoms with Crippen LogP contribution in [0.1, 0.15) is 39.0 Å². The van der Waals surface area contributed by atoms with Crippen LogP contribution >= 0.6 is 0 Å². The summed E-state index contributed by atoms with van der Waals surface area (Å²) < 4.78 is 0. The molecule has 0 bridgehead atoms. The predicted molar refractivity (Wildman–Crippen MR) is 89.3 cm³/mol. The van der Waals surface area contributed by atoms with Gasteiger partial charge in [-0.05, 0) is 38.0 Å². The normalized spacial score (nSPS) is 39.3. The van der Waals surface area contributed by atoms with Gasteiger partial charge in [0.15, 0.2) is 0 Å². The molecule has 5 heteroatoms. The number of fused-ring (bicyclic) bond motifs is 1. The van der Waals surface area contributed by atoms with Crippen molar-refractivity contribution in [2.45, 2.75) is 50.2 Å². The molecule has 1 heterocycles. The fraction of sp³-hybridized carbons (Fsp3) is 0.611. The first-order chi connectivity index (χ1) is 10.9. The SMILES string of the molecule is CC1C=C(C#C[C@@H]2CCCC3(N)N(C(=O)O)CCC23N)C=CC1. The molecule has 2 aliphatic carbocycles. The van der Waals surface area contributed by atoms with Crippen LogP contribution in [0.15, 0.2) is 23.8 Å². The van der Waals surface area contributed by atoms with E-state index in [-0.39, 0.29) is 5.92 Å². The number of nitrogens with zero attached hydrogens (tertiary/aromatic N) is 1. The minimum Gasteiger partial charge on any atom is -0.465 e. The maximum atomic E-state index is 11.5. The van der Waals surface area contributed by atoms with Crippen LogP contribution in [0.2, 0.25) is 0 Å². The van der Waals surface area contributed by atoms with E-state index in [4.69, 9.17) is 11.5 Å². The Morgan fingerprint density at radius 2 is 2.22 bits per heavy atom. The molecule has 1 aliphatic heterocycles. The molecule has 0 aromatic carbocycles. The average molecular weight is 315 g/mol. The summed E-state index contributed by atoms with van der Waals surface area (Å²) in [7, 11) is 0. The van der Waals surface area contributed by atoms with E-state index in [9.17, 15) is 9.90 Å². The predicted octanol–water partition coefficient (Wildman–Crippen LogP) is 2.05. The molecule has 4 atom stereocenters. The topological polar surface area (TPSA) is 92.6 Å². The molecular weight excluding hydrogens is 290 g/mol. The Labute approximate surface area is 137 Å². The highest BCUT2D eigenvalue weighted by atomic mass is 16.4. The van der Waals surface area contributed by atoms with Crippen LogP contribution in [0.5, 0.6) is 0 Å². The molecule has 3 unspecified atom stereocenters. The number of carboxylic acid groups (broad SMARTS) is 1. The van der Waals surface area contributed by atoms with Crippen LogP contribution in [0.4, 0.5) is 4.79 Å². The highest BCUT2D eigenvalue weighted by molar-refractivity contribution is 5.67. The number of carbonyl (C=O) groups is 1. The highest BCUT2D eigenvalue weighted by Crippen LogP contribution is 2.46. The van der Waals surface area contributed by atoms with Crippen molar-refractivity contribution < 1.29 is 9.90 Å². The molecule has 0 aromatic heterocycles. The van der Waals surface area contributed by atoms with Gasteiger partial charge in [0.2, 0.25) is 0 Å². The maximum Gasteiger partial charge on any atom is 0.408 e. The van der Waals surface area contributed by atoms with Gasteiger partial charge in [0, 0.05) is 18.0 Å². The van der Waals surface area contributed by atoms with Crippen molar-refractivity contribution >= 4 is 6.09 Å². The lowest BCUT2D eigenvalue weighted by atomic mass is 9.66. The summed E-state index contributed by atoms with van der Waals surface area (Å²) in [5.74, 6) is 6.99. The van der Waals surface area contributed by atoms with Crippen molar-refractivity contribution in [1.82, 2.24) is 4.90 Å². The summed E-state index contributed by atoms with van der Waals surface area (Å²) in [6.45, 7) is 2.56. The number of rotatable bonds is 0. The van der Waals surface area contributed by atoms with E-state index in [2.05, 4.69) is 30.9 Å². The number of allylic oxidation sites excluding steroid dienone is 4. The molecule has 5 nitrogen and oxygen atoms in total. The summed E-state index contributed by atoms with van der Waals surface area (Å²) in [6.07, 6.45) is 9.33. The van der Waals surface area contributed by atoms with Crippen molar-refractivity contribution in [3.8, 4) is 11.8 Å². The largest absolute Gasteiger partial charge is 0.465 e. The molecule has 1 amide bonds. The number of likely N-dealkylation sites (tertiary alicyclic amines) is 1. The lowest BCUT2D eigenvalue weighted by Gasteiger charge is -2.50. The first-order valence-corrected chi connectivity index (χ1v) is 8.35. The smallest absolute Gasteiger partial charge is 0.408 e. The zero-order valence-electron chi connectivity index (χ0n) is 13.6. The number of hydrogen-bond acceptors (Lipinski definition) is 3. The number of nitrogens with two attached hydrogens (primary N) is 2. The van der Waals surface area contributed by atoms with Gasteiger partial charge in [-0.3, -0.25) is 4.90 Å². The Bertz CT molecular complexity index is 630. The fourth-order valence-electron chi connectivity index (χ4n) is 4.20. The lowest BCUT2D eigenvalue weighted by Crippen LogP contribution is -2.73. The van der Waals surface area contributed by atoms with E-state index >= 15 is 0 Å². The molecule has 5 N–H and O–H groups in total. The van der Waals surface area contributed by atoms with Crippen LogP contribution in [0.25, 0.3) is 0 Å². The number of hydrogen-bond donors (Lipinski definition) is 3. The molecule has 0 spiro atoms. The molecule has 3 aliphatic rings. The fourth-order valence-corrected chi connectivity index (χ4v) is 4.20. The van der Waals surface area contributed by atoms with Gasteiger partial charge in [0.05, 0.1) is 5.54 Å². The van der Waals surface area contributed by atoms with E-state index < -0.39 is 17.3 Å². The molecule has 3 rings (SSSR count). The molecule has 1 saturated heterocycles. The molecule has 0 radical (unpaired) electrons. The second kappa shape index (κ2) is 5.70. The van der Waals surface area contributed by atoms with Gasteiger partial charge in [-0.2, -0.15) is 0 Å². The van der Waals surface area contributed by atoms with Crippen LogP contribution in [0, 0.1) is 23.7 Å². The van der Waals surface area contributed by atoms with Crippen LogP contribution in [-0.4, -0.2) is 33.8 Å². The van der Waals surface area contributed by atoms with Crippen molar-refractivity contribution in [2.24, 2.45) is 23.3 Å². The van der Waals surface area contributed by atoms with Crippen LogP contribution in [0.3, 0.4) is 0 Å². The van der Waals surface area contributed by atoms with Gasteiger partial charge in [-0.1, -0.05) is 37.0 Å². The second-order valence-electron chi connectivity index (χ2n) is 7.10. The molecule has 0 aromatic rings. The van der Waals surface area contributed by atoms with Crippen LogP contribution < -0.4 is 11.5 Å². The third kappa shape index (κ3) is 2.56.